The zero-order chi connectivity index (χ0) is 17.0. The lowest BCUT2D eigenvalue weighted by atomic mass is 10.1. The van der Waals surface area contributed by atoms with Gasteiger partial charge in [0.15, 0.2) is 17.6 Å². The van der Waals surface area contributed by atoms with Gasteiger partial charge in [-0.2, -0.15) is 0 Å². The van der Waals surface area contributed by atoms with Gasteiger partial charge in [-0.1, -0.05) is 13.8 Å². The van der Waals surface area contributed by atoms with Crippen molar-refractivity contribution in [2.75, 3.05) is 18.1 Å². The van der Waals surface area contributed by atoms with Crippen molar-refractivity contribution >= 4 is 17.5 Å². The molecular formula is C16H22N2O5. The van der Waals surface area contributed by atoms with Gasteiger partial charge < -0.3 is 20.3 Å². The van der Waals surface area contributed by atoms with Crippen molar-refractivity contribution in [2.45, 2.75) is 39.4 Å². The van der Waals surface area contributed by atoms with Crippen LogP contribution in [0.5, 0.6) is 11.5 Å². The van der Waals surface area contributed by atoms with Crippen molar-refractivity contribution in [3.63, 3.8) is 0 Å². The monoisotopic (exact) mass is 322 g/mol. The van der Waals surface area contributed by atoms with E-state index in [1.54, 1.807) is 12.1 Å². The van der Waals surface area contributed by atoms with Crippen molar-refractivity contribution in [3.05, 3.63) is 17.7 Å². The Bertz CT molecular complexity index is 602. The molecule has 7 heteroatoms. The molecule has 0 saturated heterocycles. The van der Waals surface area contributed by atoms with Crippen LogP contribution < -0.4 is 20.1 Å². The average molecular weight is 322 g/mol. The van der Waals surface area contributed by atoms with Crippen molar-refractivity contribution in [2.24, 2.45) is 5.73 Å². The molecule has 1 atom stereocenters. The number of amides is 2. The van der Waals surface area contributed by atoms with Gasteiger partial charge in [-0.15, -0.1) is 0 Å². The third-order valence-corrected chi connectivity index (χ3v) is 3.52. The highest BCUT2D eigenvalue weighted by molar-refractivity contribution is 6.04. The van der Waals surface area contributed by atoms with E-state index in [-0.39, 0.29) is 19.1 Å². The second-order valence-corrected chi connectivity index (χ2v) is 5.35. The Morgan fingerprint density at radius 1 is 1.43 bits per heavy atom. The van der Waals surface area contributed by atoms with Crippen LogP contribution in [0.4, 0.5) is 5.69 Å². The van der Waals surface area contributed by atoms with E-state index < -0.39 is 12.0 Å². The minimum absolute atomic E-state index is 0.217. The largest absolute Gasteiger partial charge is 0.490 e. The maximum atomic E-state index is 12.5. The Balaban J connectivity index is 2.53. The summed E-state index contributed by atoms with van der Waals surface area (Å²) in [6.45, 7) is 3.82. The van der Waals surface area contributed by atoms with Gasteiger partial charge in [0, 0.05) is 0 Å². The summed E-state index contributed by atoms with van der Waals surface area (Å²) in [7, 11) is 0. The number of anilines is 1. The summed E-state index contributed by atoms with van der Waals surface area (Å²) in [6.07, 6.45) is 0.577. The van der Waals surface area contributed by atoms with E-state index in [1.807, 2.05) is 13.8 Å². The Kier molecular flexibility index (Phi) is 5.44. The number of fused-ring (bicyclic) bond motifs is 1. The van der Waals surface area contributed by atoms with E-state index in [4.69, 9.17) is 15.2 Å². The van der Waals surface area contributed by atoms with E-state index >= 15 is 0 Å². The standard InChI is InChI=1S/C16H22N2O5/c1-3-5-22-13-7-10(9-19)6-11-15(13)23-12(4-2)16(21)18(11)8-14(17)20/h6-7,12,19H,3-5,8-9H2,1-2H3,(H2,17,20). The molecule has 1 aliphatic heterocycles. The number of benzene rings is 1. The fourth-order valence-electron chi connectivity index (χ4n) is 2.43. The van der Waals surface area contributed by atoms with Crippen LogP contribution in [0.1, 0.15) is 32.3 Å². The molecule has 1 unspecified atom stereocenters. The first-order valence-electron chi connectivity index (χ1n) is 7.68. The molecule has 0 fully saturated rings. The van der Waals surface area contributed by atoms with Gasteiger partial charge in [0.1, 0.15) is 6.54 Å². The SMILES string of the molecule is CCCOc1cc(CO)cc2c1OC(CC)C(=O)N2CC(N)=O. The van der Waals surface area contributed by atoms with Gasteiger partial charge >= 0.3 is 0 Å². The Morgan fingerprint density at radius 3 is 2.74 bits per heavy atom. The molecule has 3 N–H and O–H groups in total. The minimum Gasteiger partial charge on any atom is -0.490 e. The number of rotatable bonds is 7. The number of ether oxygens (including phenoxy) is 2. The normalized spacial score (nSPS) is 16.7. The topological polar surface area (TPSA) is 102 Å². The number of hydrogen-bond donors (Lipinski definition) is 2. The van der Waals surface area contributed by atoms with Crippen LogP contribution >= 0.6 is 0 Å². The predicted octanol–water partition coefficient (Wildman–Crippen LogP) is 0.957. The summed E-state index contributed by atoms with van der Waals surface area (Å²) in [5.74, 6) is -0.0843. The lowest BCUT2D eigenvalue weighted by Gasteiger charge is -2.34. The maximum Gasteiger partial charge on any atom is 0.268 e. The highest BCUT2D eigenvalue weighted by Crippen LogP contribution is 2.43. The first-order chi connectivity index (χ1) is 11.0. The van der Waals surface area contributed by atoms with Crippen molar-refractivity contribution in [1.82, 2.24) is 0 Å². The zero-order valence-corrected chi connectivity index (χ0v) is 13.4. The number of carbonyl (C=O) groups excluding carboxylic acids is 2. The third-order valence-electron chi connectivity index (χ3n) is 3.52. The summed E-state index contributed by atoms with van der Waals surface area (Å²) in [5, 5.41) is 9.43. The highest BCUT2D eigenvalue weighted by atomic mass is 16.5. The number of hydrogen-bond acceptors (Lipinski definition) is 5. The lowest BCUT2D eigenvalue weighted by molar-refractivity contribution is -0.128. The van der Waals surface area contributed by atoms with Crippen LogP contribution in [0.2, 0.25) is 0 Å². The number of nitrogens with zero attached hydrogens (tertiary/aromatic N) is 1. The summed E-state index contributed by atoms with van der Waals surface area (Å²) >= 11 is 0. The van der Waals surface area contributed by atoms with Gasteiger partial charge in [-0.3, -0.25) is 14.5 Å². The second kappa shape index (κ2) is 7.32. The van der Waals surface area contributed by atoms with Crippen LogP contribution in [0, 0.1) is 0 Å². The van der Waals surface area contributed by atoms with E-state index in [1.165, 1.54) is 4.90 Å². The summed E-state index contributed by atoms with van der Waals surface area (Å²) in [6, 6.07) is 3.29. The number of carbonyl (C=O) groups is 2. The molecule has 0 aliphatic carbocycles. The zero-order valence-electron chi connectivity index (χ0n) is 13.4. The molecular weight excluding hydrogens is 300 g/mol. The summed E-state index contributed by atoms with van der Waals surface area (Å²) < 4.78 is 11.5. The molecule has 0 saturated carbocycles. The second-order valence-electron chi connectivity index (χ2n) is 5.35. The van der Waals surface area contributed by atoms with Crippen molar-refractivity contribution in [3.8, 4) is 11.5 Å². The van der Waals surface area contributed by atoms with Gasteiger partial charge in [-0.25, -0.2) is 0 Å². The summed E-state index contributed by atoms with van der Waals surface area (Å²) in [5.41, 5.74) is 6.23. The molecule has 2 amide bonds. The fourth-order valence-corrected chi connectivity index (χ4v) is 2.43. The van der Waals surface area contributed by atoms with Crippen LogP contribution in [-0.2, 0) is 16.2 Å². The number of aliphatic hydroxyl groups is 1. The van der Waals surface area contributed by atoms with Crippen molar-refractivity contribution < 1.29 is 24.2 Å². The molecule has 0 radical (unpaired) electrons. The van der Waals surface area contributed by atoms with E-state index in [9.17, 15) is 14.7 Å². The van der Waals surface area contributed by atoms with Gasteiger partial charge in [0.05, 0.1) is 18.9 Å². The summed E-state index contributed by atoms with van der Waals surface area (Å²) in [4.78, 5) is 25.1. The smallest absolute Gasteiger partial charge is 0.268 e. The molecule has 0 aromatic heterocycles. The van der Waals surface area contributed by atoms with Crippen LogP contribution in [0.3, 0.4) is 0 Å². The van der Waals surface area contributed by atoms with Gasteiger partial charge in [-0.05, 0) is 30.5 Å². The number of aliphatic hydroxyl groups excluding tert-OH is 1. The Hall–Kier alpha value is -2.28. The van der Waals surface area contributed by atoms with E-state index in [0.29, 0.717) is 35.8 Å². The Morgan fingerprint density at radius 2 is 2.17 bits per heavy atom. The molecule has 1 aromatic carbocycles. The van der Waals surface area contributed by atoms with E-state index in [0.717, 1.165) is 6.42 Å². The Labute approximate surface area is 135 Å². The average Bonchev–Trinajstić information content (AvgIpc) is 2.54. The van der Waals surface area contributed by atoms with Gasteiger partial charge in [0.25, 0.3) is 5.91 Å². The first kappa shape index (κ1) is 17.1. The minimum atomic E-state index is -0.689. The fraction of sp³-hybridized carbons (Fsp3) is 0.500. The molecule has 1 heterocycles. The van der Waals surface area contributed by atoms with Gasteiger partial charge in [0.2, 0.25) is 5.91 Å². The quantitative estimate of drug-likeness (QED) is 0.778. The molecule has 1 aliphatic rings. The lowest BCUT2D eigenvalue weighted by Crippen LogP contribution is -2.49. The first-order valence-corrected chi connectivity index (χ1v) is 7.68. The van der Waals surface area contributed by atoms with Crippen molar-refractivity contribution in [1.29, 1.82) is 0 Å². The third kappa shape index (κ3) is 3.56. The van der Waals surface area contributed by atoms with E-state index in [2.05, 4.69) is 0 Å². The molecule has 2 rings (SSSR count). The van der Waals surface area contributed by atoms with Crippen LogP contribution in [0.25, 0.3) is 0 Å². The number of nitrogens with two attached hydrogens (primary N) is 1. The molecule has 7 nitrogen and oxygen atoms in total. The molecule has 0 spiro atoms. The number of primary amides is 1. The predicted molar refractivity (Wildman–Crippen MR) is 84.4 cm³/mol. The molecule has 0 bridgehead atoms. The molecule has 1 aromatic rings. The highest BCUT2D eigenvalue weighted by Gasteiger charge is 2.36. The van der Waals surface area contributed by atoms with Crippen LogP contribution in [0.15, 0.2) is 12.1 Å². The van der Waals surface area contributed by atoms with Crippen LogP contribution in [-0.4, -0.2) is 36.2 Å². The molecule has 126 valence electrons. The maximum absolute atomic E-state index is 12.5. The molecule has 23 heavy (non-hydrogen) atoms.